The topological polar surface area (TPSA) is 96.5 Å². The SMILES string of the molecule is COc1ccc(C(=O)NCC(=O)NNC(=O)c2ccc(C)cc2)cc1. The number of carbonyl (C=O) groups excluding carboxylic acids is 3. The van der Waals surface area contributed by atoms with Gasteiger partial charge in [-0.25, -0.2) is 0 Å². The second-order valence-electron chi connectivity index (χ2n) is 5.28. The van der Waals surface area contributed by atoms with Crippen LogP contribution in [0.1, 0.15) is 26.3 Å². The summed E-state index contributed by atoms with van der Waals surface area (Å²) in [5, 5.41) is 2.46. The van der Waals surface area contributed by atoms with Crippen LogP contribution in [0.4, 0.5) is 0 Å². The molecule has 0 aliphatic heterocycles. The molecule has 0 saturated carbocycles. The summed E-state index contributed by atoms with van der Waals surface area (Å²) in [6, 6.07) is 13.4. The van der Waals surface area contributed by atoms with Crippen molar-refractivity contribution in [1.82, 2.24) is 16.2 Å². The van der Waals surface area contributed by atoms with Gasteiger partial charge in [-0.15, -0.1) is 0 Å². The highest BCUT2D eigenvalue weighted by Gasteiger charge is 2.10. The number of rotatable bonds is 5. The lowest BCUT2D eigenvalue weighted by atomic mass is 10.1. The molecule has 0 radical (unpaired) electrons. The first-order chi connectivity index (χ1) is 12.0. The van der Waals surface area contributed by atoms with Crippen LogP contribution in [-0.4, -0.2) is 31.4 Å². The normalized spacial score (nSPS) is 9.84. The first kappa shape index (κ1) is 18.0. The van der Waals surface area contributed by atoms with Gasteiger partial charge in [0.15, 0.2) is 0 Å². The van der Waals surface area contributed by atoms with Crippen LogP contribution in [0.3, 0.4) is 0 Å². The first-order valence-corrected chi connectivity index (χ1v) is 7.57. The number of ether oxygens (including phenoxy) is 1. The predicted octanol–water partition coefficient (Wildman–Crippen LogP) is 1.19. The molecule has 0 heterocycles. The van der Waals surface area contributed by atoms with Gasteiger partial charge in [-0.3, -0.25) is 25.2 Å². The van der Waals surface area contributed by atoms with E-state index in [1.165, 1.54) is 7.11 Å². The van der Waals surface area contributed by atoms with E-state index in [9.17, 15) is 14.4 Å². The third-order valence-electron chi connectivity index (χ3n) is 3.39. The molecule has 3 N–H and O–H groups in total. The van der Waals surface area contributed by atoms with E-state index >= 15 is 0 Å². The molecule has 0 aliphatic rings. The molecule has 25 heavy (non-hydrogen) atoms. The second kappa shape index (κ2) is 8.49. The van der Waals surface area contributed by atoms with Crippen molar-refractivity contribution in [2.75, 3.05) is 13.7 Å². The zero-order valence-corrected chi connectivity index (χ0v) is 14.0. The fraction of sp³-hybridized carbons (Fsp3) is 0.167. The average Bonchev–Trinajstić information content (AvgIpc) is 2.64. The Morgan fingerprint density at radius 1 is 0.840 bits per heavy atom. The Morgan fingerprint density at radius 2 is 1.40 bits per heavy atom. The third kappa shape index (κ3) is 5.35. The van der Waals surface area contributed by atoms with E-state index in [0.717, 1.165) is 5.56 Å². The van der Waals surface area contributed by atoms with Gasteiger partial charge in [0.1, 0.15) is 5.75 Å². The molecule has 0 bridgehead atoms. The Kier molecular flexibility index (Phi) is 6.11. The molecular formula is C18H19N3O4. The zero-order chi connectivity index (χ0) is 18.2. The van der Waals surface area contributed by atoms with Crippen LogP contribution in [0.15, 0.2) is 48.5 Å². The number of hydrazine groups is 1. The summed E-state index contributed by atoms with van der Waals surface area (Å²) in [4.78, 5) is 35.5. The maximum absolute atomic E-state index is 11.9. The van der Waals surface area contributed by atoms with Crippen molar-refractivity contribution in [3.63, 3.8) is 0 Å². The van der Waals surface area contributed by atoms with Crippen LogP contribution in [0, 0.1) is 6.92 Å². The summed E-state index contributed by atoms with van der Waals surface area (Å²) in [6.07, 6.45) is 0. The summed E-state index contributed by atoms with van der Waals surface area (Å²) in [6.45, 7) is 1.65. The van der Waals surface area contributed by atoms with Crippen molar-refractivity contribution in [3.05, 3.63) is 65.2 Å². The Balaban J connectivity index is 1.77. The van der Waals surface area contributed by atoms with E-state index in [4.69, 9.17) is 4.74 Å². The highest BCUT2D eigenvalue weighted by atomic mass is 16.5. The van der Waals surface area contributed by atoms with Gasteiger partial charge in [0, 0.05) is 11.1 Å². The van der Waals surface area contributed by atoms with Crippen molar-refractivity contribution in [1.29, 1.82) is 0 Å². The van der Waals surface area contributed by atoms with Gasteiger partial charge in [0.25, 0.3) is 17.7 Å². The number of methoxy groups -OCH3 is 1. The largest absolute Gasteiger partial charge is 0.497 e. The molecule has 2 aromatic carbocycles. The van der Waals surface area contributed by atoms with Crippen LogP contribution in [0.5, 0.6) is 5.75 Å². The van der Waals surface area contributed by atoms with Crippen molar-refractivity contribution in [3.8, 4) is 5.75 Å². The van der Waals surface area contributed by atoms with Gasteiger partial charge in [0.05, 0.1) is 13.7 Å². The molecule has 0 aliphatic carbocycles. The van der Waals surface area contributed by atoms with Crippen molar-refractivity contribution < 1.29 is 19.1 Å². The highest BCUT2D eigenvalue weighted by Crippen LogP contribution is 2.10. The van der Waals surface area contributed by atoms with Crippen LogP contribution < -0.4 is 20.9 Å². The molecule has 2 rings (SSSR count). The molecule has 0 atom stereocenters. The number of benzene rings is 2. The van der Waals surface area contributed by atoms with E-state index in [2.05, 4.69) is 16.2 Å². The van der Waals surface area contributed by atoms with Gasteiger partial charge in [-0.2, -0.15) is 0 Å². The van der Waals surface area contributed by atoms with Gasteiger partial charge in [-0.1, -0.05) is 17.7 Å². The van der Waals surface area contributed by atoms with Crippen molar-refractivity contribution in [2.24, 2.45) is 0 Å². The number of amides is 3. The van der Waals surface area contributed by atoms with Crippen molar-refractivity contribution >= 4 is 17.7 Å². The van der Waals surface area contributed by atoms with E-state index in [-0.39, 0.29) is 6.54 Å². The van der Waals surface area contributed by atoms with E-state index in [1.54, 1.807) is 48.5 Å². The van der Waals surface area contributed by atoms with Gasteiger partial charge < -0.3 is 10.1 Å². The van der Waals surface area contributed by atoms with E-state index < -0.39 is 17.7 Å². The molecule has 0 fully saturated rings. The summed E-state index contributed by atoms with van der Waals surface area (Å²) < 4.78 is 5.01. The van der Waals surface area contributed by atoms with Gasteiger partial charge in [0.2, 0.25) is 0 Å². The first-order valence-electron chi connectivity index (χ1n) is 7.57. The summed E-state index contributed by atoms with van der Waals surface area (Å²) in [5.74, 6) is -0.743. The third-order valence-corrected chi connectivity index (χ3v) is 3.39. The molecule has 7 heteroatoms. The Labute approximate surface area is 145 Å². The smallest absolute Gasteiger partial charge is 0.269 e. The minimum absolute atomic E-state index is 0.265. The van der Waals surface area contributed by atoms with Gasteiger partial charge in [-0.05, 0) is 43.3 Å². The molecular weight excluding hydrogens is 322 g/mol. The number of carbonyl (C=O) groups is 3. The number of hydrogen-bond acceptors (Lipinski definition) is 4. The predicted molar refractivity (Wildman–Crippen MR) is 92.1 cm³/mol. The lowest BCUT2D eigenvalue weighted by Gasteiger charge is -2.09. The number of hydrogen-bond donors (Lipinski definition) is 3. The molecule has 7 nitrogen and oxygen atoms in total. The van der Waals surface area contributed by atoms with Crippen LogP contribution >= 0.6 is 0 Å². The van der Waals surface area contributed by atoms with Crippen molar-refractivity contribution in [2.45, 2.75) is 6.92 Å². The molecule has 3 amide bonds. The lowest BCUT2D eigenvalue weighted by Crippen LogP contribution is -2.46. The monoisotopic (exact) mass is 341 g/mol. The zero-order valence-electron chi connectivity index (χ0n) is 14.0. The maximum Gasteiger partial charge on any atom is 0.269 e. The fourth-order valence-corrected chi connectivity index (χ4v) is 1.95. The van der Waals surface area contributed by atoms with Crippen LogP contribution in [0.25, 0.3) is 0 Å². The lowest BCUT2D eigenvalue weighted by molar-refractivity contribution is -0.120. The second-order valence-corrected chi connectivity index (χ2v) is 5.28. The minimum atomic E-state index is -0.540. The Hall–Kier alpha value is -3.35. The Morgan fingerprint density at radius 3 is 2.00 bits per heavy atom. The molecule has 0 unspecified atom stereocenters. The quantitative estimate of drug-likeness (QED) is 0.712. The van der Waals surface area contributed by atoms with E-state index in [0.29, 0.717) is 16.9 Å². The minimum Gasteiger partial charge on any atom is -0.497 e. The molecule has 0 aromatic heterocycles. The molecule has 0 saturated heterocycles. The van der Waals surface area contributed by atoms with Crippen LogP contribution in [0.2, 0.25) is 0 Å². The fourth-order valence-electron chi connectivity index (χ4n) is 1.95. The number of aryl methyl sites for hydroxylation is 1. The Bertz CT molecular complexity index is 755. The summed E-state index contributed by atoms with van der Waals surface area (Å²) in [7, 11) is 1.53. The highest BCUT2D eigenvalue weighted by molar-refractivity contribution is 5.98. The summed E-state index contributed by atoms with van der Waals surface area (Å²) >= 11 is 0. The standard InChI is InChI=1S/C18H19N3O4/c1-12-3-5-14(6-4-12)18(24)21-20-16(22)11-19-17(23)13-7-9-15(25-2)10-8-13/h3-10H,11H2,1-2H3,(H,19,23)(H,20,22)(H,21,24). The maximum atomic E-state index is 11.9. The number of nitrogens with one attached hydrogen (secondary N) is 3. The van der Waals surface area contributed by atoms with Crippen LogP contribution in [-0.2, 0) is 4.79 Å². The van der Waals surface area contributed by atoms with Gasteiger partial charge >= 0.3 is 0 Å². The van der Waals surface area contributed by atoms with E-state index in [1.807, 2.05) is 6.92 Å². The average molecular weight is 341 g/mol. The molecule has 0 spiro atoms. The molecule has 130 valence electrons. The summed E-state index contributed by atoms with van der Waals surface area (Å²) in [5.41, 5.74) is 6.39. The molecule has 2 aromatic rings.